The average molecular weight is 333 g/mol. The SMILES string of the molecule is CCN(C(=O)c1ccc(C)c(Br)c1)c1cccc(N)c1. The van der Waals surface area contributed by atoms with Crippen LogP contribution in [0, 0.1) is 6.92 Å². The quantitative estimate of drug-likeness (QED) is 0.863. The van der Waals surface area contributed by atoms with E-state index in [9.17, 15) is 4.79 Å². The van der Waals surface area contributed by atoms with Crippen molar-refractivity contribution in [3.05, 3.63) is 58.1 Å². The first-order valence-electron chi connectivity index (χ1n) is 6.46. The van der Waals surface area contributed by atoms with Gasteiger partial charge in [0.25, 0.3) is 5.91 Å². The van der Waals surface area contributed by atoms with Crippen molar-refractivity contribution in [2.45, 2.75) is 13.8 Å². The maximum absolute atomic E-state index is 12.6. The van der Waals surface area contributed by atoms with E-state index in [1.165, 1.54) is 0 Å². The summed E-state index contributed by atoms with van der Waals surface area (Å²) in [5.41, 5.74) is 9.02. The van der Waals surface area contributed by atoms with E-state index in [1.807, 2.05) is 56.3 Å². The van der Waals surface area contributed by atoms with E-state index >= 15 is 0 Å². The zero-order valence-corrected chi connectivity index (χ0v) is 13.1. The molecular formula is C16H17BrN2O. The molecule has 0 bridgehead atoms. The number of aryl methyl sites for hydroxylation is 1. The number of carbonyl (C=O) groups is 1. The minimum absolute atomic E-state index is 0.0289. The molecule has 0 spiro atoms. The van der Waals surface area contributed by atoms with Crippen molar-refractivity contribution in [3.8, 4) is 0 Å². The molecular weight excluding hydrogens is 316 g/mol. The molecule has 0 aliphatic heterocycles. The maximum atomic E-state index is 12.6. The number of amides is 1. The third-order valence-electron chi connectivity index (χ3n) is 3.16. The largest absolute Gasteiger partial charge is 0.399 e. The summed E-state index contributed by atoms with van der Waals surface area (Å²) in [5, 5.41) is 0. The number of carbonyl (C=O) groups excluding carboxylic acids is 1. The van der Waals surface area contributed by atoms with E-state index in [0.717, 1.165) is 15.7 Å². The first-order valence-corrected chi connectivity index (χ1v) is 7.25. The van der Waals surface area contributed by atoms with Crippen LogP contribution in [0.1, 0.15) is 22.8 Å². The fraction of sp³-hybridized carbons (Fsp3) is 0.188. The fourth-order valence-corrected chi connectivity index (χ4v) is 2.40. The molecule has 104 valence electrons. The normalized spacial score (nSPS) is 10.3. The molecule has 2 N–H and O–H groups in total. The van der Waals surface area contributed by atoms with Gasteiger partial charge in [0.2, 0.25) is 0 Å². The minimum Gasteiger partial charge on any atom is -0.399 e. The van der Waals surface area contributed by atoms with Gasteiger partial charge in [-0.15, -0.1) is 0 Å². The van der Waals surface area contributed by atoms with Gasteiger partial charge in [-0.25, -0.2) is 0 Å². The van der Waals surface area contributed by atoms with Crippen LogP contribution in [0.2, 0.25) is 0 Å². The lowest BCUT2D eigenvalue weighted by Gasteiger charge is -2.21. The van der Waals surface area contributed by atoms with Crippen LogP contribution in [0.25, 0.3) is 0 Å². The third-order valence-corrected chi connectivity index (χ3v) is 4.02. The molecule has 0 saturated carbocycles. The topological polar surface area (TPSA) is 46.3 Å². The van der Waals surface area contributed by atoms with Crippen LogP contribution in [0.5, 0.6) is 0 Å². The molecule has 3 nitrogen and oxygen atoms in total. The Kier molecular flexibility index (Phi) is 4.45. The summed E-state index contributed by atoms with van der Waals surface area (Å²) in [6, 6.07) is 13.0. The zero-order valence-electron chi connectivity index (χ0n) is 11.6. The number of benzene rings is 2. The summed E-state index contributed by atoms with van der Waals surface area (Å²) in [4.78, 5) is 14.3. The van der Waals surface area contributed by atoms with E-state index in [0.29, 0.717) is 17.8 Å². The highest BCUT2D eigenvalue weighted by molar-refractivity contribution is 9.10. The molecule has 0 fully saturated rings. The predicted molar refractivity (Wildman–Crippen MR) is 87.1 cm³/mol. The summed E-state index contributed by atoms with van der Waals surface area (Å²) in [6.45, 7) is 4.53. The number of nitrogens with two attached hydrogens (primary N) is 1. The molecule has 0 saturated heterocycles. The van der Waals surface area contributed by atoms with Gasteiger partial charge in [0.1, 0.15) is 0 Å². The van der Waals surface area contributed by atoms with Crippen LogP contribution in [0.3, 0.4) is 0 Å². The van der Waals surface area contributed by atoms with Crippen LogP contribution < -0.4 is 10.6 Å². The van der Waals surface area contributed by atoms with E-state index in [2.05, 4.69) is 15.9 Å². The van der Waals surface area contributed by atoms with Crippen molar-refractivity contribution in [1.29, 1.82) is 0 Å². The van der Waals surface area contributed by atoms with Gasteiger partial charge in [-0.3, -0.25) is 4.79 Å². The van der Waals surface area contributed by atoms with Crippen LogP contribution in [-0.2, 0) is 0 Å². The lowest BCUT2D eigenvalue weighted by atomic mass is 10.1. The molecule has 0 radical (unpaired) electrons. The lowest BCUT2D eigenvalue weighted by molar-refractivity contribution is 0.0988. The van der Waals surface area contributed by atoms with E-state index in [1.54, 1.807) is 4.90 Å². The Morgan fingerprint density at radius 1 is 1.25 bits per heavy atom. The highest BCUT2D eigenvalue weighted by Crippen LogP contribution is 2.22. The minimum atomic E-state index is -0.0289. The highest BCUT2D eigenvalue weighted by Gasteiger charge is 2.16. The third kappa shape index (κ3) is 3.02. The number of anilines is 2. The Balaban J connectivity index is 2.36. The second-order valence-electron chi connectivity index (χ2n) is 4.61. The van der Waals surface area contributed by atoms with Crippen molar-refractivity contribution >= 4 is 33.2 Å². The van der Waals surface area contributed by atoms with Gasteiger partial charge < -0.3 is 10.6 Å². The van der Waals surface area contributed by atoms with Gasteiger partial charge in [0.05, 0.1) is 0 Å². The Hall–Kier alpha value is -1.81. The number of halogens is 1. The summed E-state index contributed by atoms with van der Waals surface area (Å²) in [7, 11) is 0. The molecule has 2 rings (SSSR count). The van der Waals surface area contributed by atoms with Crippen molar-refractivity contribution < 1.29 is 4.79 Å². The number of nitrogen functional groups attached to an aromatic ring is 1. The molecule has 20 heavy (non-hydrogen) atoms. The van der Waals surface area contributed by atoms with E-state index in [4.69, 9.17) is 5.73 Å². The van der Waals surface area contributed by atoms with Crippen LogP contribution in [0.4, 0.5) is 11.4 Å². The second kappa shape index (κ2) is 6.09. The summed E-state index contributed by atoms with van der Waals surface area (Å²) >= 11 is 3.46. The van der Waals surface area contributed by atoms with Gasteiger partial charge in [-0.05, 0) is 49.7 Å². The summed E-state index contributed by atoms with van der Waals surface area (Å²) < 4.78 is 0.937. The Bertz CT molecular complexity index is 640. The van der Waals surface area contributed by atoms with Crippen molar-refractivity contribution in [3.63, 3.8) is 0 Å². The summed E-state index contributed by atoms with van der Waals surface area (Å²) in [5.74, 6) is -0.0289. The van der Waals surface area contributed by atoms with Gasteiger partial charge >= 0.3 is 0 Å². The second-order valence-corrected chi connectivity index (χ2v) is 5.46. The molecule has 0 aliphatic carbocycles. The van der Waals surface area contributed by atoms with Crippen molar-refractivity contribution in [2.24, 2.45) is 0 Å². The van der Waals surface area contributed by atoms with Gasteiger partial charge in [0.15, 0.2) is 0 Å². The monoisotopic (exact) mass is 332 g/mol. The smallest absolute Gasteiger partial charge is 0.258 e. The Morgan fingerprint density at radius 2 is 2.00 bits per heavy atom. The molecule has 0 heterocycles. The number of hydrogen-bond acceptors (Lipinski definition) is 2. The fourth-order valence-electron chi connectivity index (χ4n) is 2.02. The molecule has 0 unspecified atom stereocenters. The molecule has 0 atom stereocenters. The Morgan fingerprint density at radius 3 is 2.60 bits per heavy atom. The van der Waals surface area contributed by atoms with Gasteiger partial charge in [-0.1, -0.05) is 28.1 Å². The predicted octanol–water partition coefficient (Wildman–Crippen LogP) is 4.01. The van der Waals surface area contributed by atoms with Crippen molar-refractivity contribution in [1.82, 2.24) is 0 Å². The van der Waals surface area contributed by atoms with E-state index in [-0.39, 0.29) is 5.91 Å². The van der Waals surface area contributed by atoms with Crippen LogP contribution in [-0.4, -0.2) is 12.5 Å². The summed E-state index contributed by atoms with van der Waals surface area (Å²) in [6.07, 6.45) is 0. The molecule has 1 amide bonds. The zero-order chi connectivity index (χ0) is 14.7. The molecule has 0 aliphatic rings. The van der Waals surface area contributed by atoms with Crippen molar-refractivity contribution in [2.75, 3.05) is 17.2 Å². The number of rotatable bonds is 3. The van der Waals surface area contributed by atoms with Crippen LogP contribution in [0.15, 0.2) is 46.9 Å². The molecule has 2 aromatic carbocycles. The lowest BCUT2D eigenvalue weighted by Crippen LogP contribution is -2.30. The Labute approximate surface area is 127 Å². The maximum Gasteiger partial charge on any atom is 0.258 e. The standard InChI is InChI=1S/C16H17BrN2O/c1-3-19(14-6-4-5-13(18)10-14)16(20)12-8-7-11(2)15(17)9-12/h4-10H,3,18H2,1-2H3. The van der Waals surface area contributed by atoms with Gasteiger partial charge in [-0.2, -0.15) is 0 Å². The van der Waals surface area contributed by atoms with Gasteiger partial charge in [0, 0.05) is 28.0 Å². The molecule has 4 heteroatoms. The van der Waals surface area contributed by atoms with E-state index < -0.39 is 0 Å². The molecule has 2 aromatic rings. The van der Waals surface area contributed by atoms with Crippen LogP contribution >= 0.6 is 15.9 Å². The number of hydrogen-bond donors (Lipinski definition) is 1. The number of nitrogens with zero attached hydrogens (tertiary/aromatic N) is 1. The first kappa shape index (κ1) is 14.6. The highest BCUT2D eigenvalue weighted by atomic mass is 79.9. The first-order chi connectivity index (χ1) is 9.52. The average Bonchev–Trinajstić information content (AvgIpc) is 2.42. The molecule has 0 aromatic heterocycles.